The molecule has 4 nitrogen and oxygen atoms in total. The van der Waals surface area contributed by atoms with Gasteiger partial charge in [-0.15, -0.1) is 0 Å². The number of hydrogen-bond acceptors (Lipinski definition) is 3. The molecule has 1 saturated heterocycles. The molecule has 1 heterocycles. The average molecular weight is 311 g/mol. The fourth-order valence-electron chi connectivity index (χ4n) is 2.63. The Morgan fingerprint density at radius 1 is 1.52 bits per heavy atom. The van der Waals surface area contributed by atoms with Crippen molar-refractivity contribution < 1.29 is 9.53 Å². The third-order valence-corrected chi connectivity index (χ3v) is 4.28. The summed E-state index contributed by atoms with van der Waals surface area (Å²) in [5, 5.41) is 0.569. The van der Waals surface area contributed by atoms with E-state index in [0.29, 0.717) is 29.7 Å². The minimum atomic E-state index is 0.132. The highest BCUT2D eigenvalue weighted by molar-refractivity contribution is 6.32. The van der Waals surface area contributed by atoms with Crippen molar-refractivity contribution in [2.75, 3.05) is 19.7 Å². The van der Waals surface area contributed by atoms with E-state index in [1.54, 1.807) is 12.1 Å². The molecule has 1 aliphatic heterocycles. The summed E-state index contributed by atoms with van der Waals surface area (Å²) in [7, 11) is 0. The first-order valence-corrected chi connectivity index (χ1v) is 7.86. The molecule has 0 unspecified atom stereocenters. The number of rotatable bonds is 5. The molecule has 1 aromatic carbocycles. The van der Waals surface area contributed by atoms with Crippen LogP contribution in [0.4, 0.5) is 0 Å². The van der Waals surface area contributed by atoms with Gasteiger partial charge in [0.05, 0.1) is 18.1 Å². The molecule has 2 atom stereocenters. The molecule has 21 heavy (non-hydrogen) atoms. The van der Waals surface area contributed by atoms with Crippen molar-refractivity contribution >= 4 is 17.5 Å². The van der Waals surface area contributed by atoms with Crippen LogP contribution in [-0.2, 0) is 4.79 Å². The number of halogens is 1. The van der Waals surface area contributed by atoms with Gasteiger partial charge in [0.25, 0.3) is 0 Å². The van der Waals surface area contributed by atoms with Crippen LogP contribution in [0.15, 0.2) is 24.3 Å². The van der Waals surface area contributed by atoms with E-state index in [4.69, 9.17) is 22.1 Å². The molecular weight excluding hydrogens is 288 g/mol. The number of nitrogens with two attached hydrogens (primary N) is 1. The van der Waals surface area contributed by atoms with Gasteiger partial charge >= 0.3 is 0 Å². The Morgan fingerprint density at radius 2 is 2.29 bits per heavy atom. The highest BCUT2D eigenvalue weighted by Gasteiger charge is 2.25. The zero-order valence-electron chi connectivity index (χ0n) is 12.4. The standard InChI is InChI=1S/C16H23ClN2O2/c1-12(18)13-5-4-9-19(11-13)16(20)8-10-21-15-7-3-2-6-14(15)17/h2-3,6-7,12-13H,4-5,8-11,18H2,1H3/t12-,13+/m0/s1. The van der Waals surface area contributed by atoms with Crippen molar-refractivity contribution in [1.82, 2.24) is 4.90 Å². The average Bonchev–Trinajstić information content (AvgIpc) is 2.49. The summed E-state index contributed by atoms with van der Waals surface area (Å²) >= 11 is 6.01. The number of carbonyl (C=O) groups is 1. The van der Waals surface area contributed by atoms with Gasteiger partial charge in [-0.2, -0.15) is 0 Å². The van der Waals surface area contributed by atoms with E-state index in [0.717, 1.165) is 25.9 Å². The summed E-state index contributed by atoms with van der Waals surface area (Å²) in [6.07, 6.45) is 2.51. The molecule has 2 N–H and O–H groups in total. The van der Waals surface area contributed by atoms with Gasteiger partial charge in [-0.1, -0.05) is 23.7 Å². The van der Waals surface area contributed by atoms with Gasteiger partial charge in [0.2, 0.25) is 5.91 Å². The Labute approximate surface area is 131 Å². The van der Waals surface area contributed by atoms with Crippen LogP contribution >= 0.6 is 11.6 Å². The number of carbonyl (C=O) groups excluding carboxylic acids is 1. The normalized spacial score (nSPS) is 20.1. The van der Waals surface area contributed by atoms with Gasteiger partial charge in [0.1, 0.15) is 5.75 Å². The zero-order chi connectivity index (χ0) is 15.2. The third-order valence-electron chi connectivity index (χ3n) is 3.96. The number of para-hydroxylation sites is 1. The molecular formula is C16H23ClN2O2. The summed E-state index contributed by atoms with van der Waals surface area (Å²) in [6.45, 7) is 3.96. The minimum absolute atomic E-state index is 0.132. The summed E-state index contributed by atoms with van der Waals surface area (Å²) in [4.78, 5) is 14.1. The highest BCUT2D eigenvalue weighted by Crippen LogP contribution is 2.23. The molecule has 116 valence electrons. The molecule has 0 bridgehead atoms. The first kappa shape index (κ1) is 16.1. The molecule has 0 aromatic heterocycles. The van der Waals surface area contributed by atoms with E-state index in [9.17, 15) is 4.79 Å². The van der Waals surface area contributed by atoms with Crippen molar-refractivity contribution in [3.8, 4) is 5.75 Å². The second-order valence-electron chi connectivity index (χ2n) is 5.63. The number of hydrogen-bond donors (Lipinski definition) is 1. The van der Waals surface area contributed by atoms with Crippen LogP contribution in [0.3, 0.4) is 0 Å². The summed E-state index contributed by atoms with van der Waals surface area (Å²) in [5.41, 5.74) is 5.94. The lowest BCUT2D eigenvalue weighted by Crippen LogP contribution is -2.45. The molecule has 1 amide bonds. The van der Waals surface area contributed by atoms with Crippen molar-refractivity contribution in [2.24, 2.45) is 11.7 Å². The molecule has 0 spiro atoms. The molecule has 0 radical (unpaired) electrons. The lowest BCUT2D eigenvalue weighted by molar-refractivity contribution is -0.133. The van der Waals surface area contributed by atoms with Crippen molar-refractivity contribution in [2.45, 2.75) is 32.2 Å². The van der Waals surface area contributed by atoms with E-state index in [1.807, 2.05) is 24.0 Å². The monoisotopic (exact) mass is 310 g/mol. The Balaban J connectivity index is 1.78. The van der Waals surface area contributed by atoms with Crippen LogP contribution in [0.2, 0.25) is 5.02 Å². The predicted molar refractivity (Wildman–Crippen MR) is 84.5 cm³/mol. The number of likely N-dealkylation sites (tertiary alicyclic amines) is 1. The molecule has 0 aliphatic carbocycles. The van der Waals surface area contributed by atoms with Crippen molar-refractivity contribution in [3.05, 3.63) is 29.3 Å². The first-order chi connectivity index (χ1) is 10.1. The number of ether oxygens (including phenoxy) is 1. The molecule has 1 aromatic rings. The molecule has 2 rings (SSSR count). The van der Waals surface area contributed by atoms with E-state index >= 15 is 0 Å². The van der Waals surface area contributed by atoms with Crippen LogP contribution < -0.4 is 10.5 Å². The maximum absolute atomic E-state index is 12.2. The lowest BCUT2D eigenvalue weighted by Gasteiger charge is -2.34. The Morgan fingerprint density at radius 3 is 3.00 bits per heavy atom. The maximum Gasteiger partial charge on any atom is 0.226 e. The van der Waals surface area contributed by atoms with Crippen LogP contribution in [-0.4, -0.2) is 36.5 Å². The maximum atomic E-state index is 12.2. The van der Waals surface area contributed by atoms with Crippen LogP contribution in [0, 0.1) is 5.92 Å². The fraction of sp³-hybridized carbons (Fsp3) is 0.562. The third kappa shape index (κ3) is 4.61. The first-order valence-electron chi connectivity index (χ1n) is 7.48. The Hall–Kier alpha value is -1.26. The van der Waals surface area contributed by atoms with E-state index in [2.05, 4.69) is 0 Å². The molecule has 5 heteroatoms. The molecule has 1 fully saturated rings. The SMILES string of the molecule is C[C@H](N)[C@@H]1CCCN(C(=O)CCOc2ccccc2Cl)C1. The summed E-state index contributed by atoms with van der Waals surface area (Å²) in [6, 6.07) is 7.43. The van der Waals surface area contributed by atoms with Gasteiger partial charge in [-0.3, -0.25) is 4.79 Å². The Kier molecular flexibility index (Phi) is 5.88. The van der Waals surface area contributed by atoms with Gasteiger partial charge < -0.3 is 15.4 Å². The molecule has 0 saturated carbocycles. The van der Waals surface area contributed by atoms with E-state index < -0.39 is 0 Å². The van der Waals surface area contributed by atoms with Crippen molar-refractivity contribution in [1.29, 1.82) is 0 Å². The number of amides is 1. The predicted octanol–water partition coefficient (Wildman–Crippen LogP) is 2.69. The smallest absolute Gasteiger partial charge is 0.226 e. The summed E-state index contributed by atoms with van der Waals surface area (Å²) < 4.78 is 5.57. The zero-order valence-corrected chi connectivity index (χ0v) is 13.2. The number of benzene rings is 1. The second-order valence-corrected chi connectivity index (χ2v) is 6.04. The van der Waals surface area contributed by atoms with Crippen LogP contribution in [0.1, 0.15) is 26.2 Å². The van der Waals surface area contributed by atoms with Gasteiger partial charge in [0.15, 0.2) is 0 Å². The lowest BCUT2D eigenvalue weighted by atomic mass is 9.92. The van der Waals surface area contributed by atoms with E-state index in [-0.39, 0.29) is 11.9 Å². The summed E-state index contributed by atoms with van der Waals surface area (Å²) in [5.74, 6) is 1.17. The highest BCUT2D eigenvalue weighted by atomic mass is 35.5. The quantitative estimate of drug-likeness (QED) is 0.909. The minimum Gasteiger partial charge on any atom is -0.491 e. The Bertz CT molecular complexity index is 479. The van der Waals surface area contributed by atoms with Crippen molar-refractivity contribution in [3.63, 3.8) is 0 Å². The van der Waals surface area contributed by atoms with Gasteiger partial charge in [-0.25, -0.2) is 0 Å². The van der Waals surface area contributed by atoms with E-state index in [1.165, 1.54) is 0 Å². The molecule has 1 aliphatic rings. The largest absolute Gasteiger partial charge is 0.491 e. The van der Waals surface area contributed by atoms with Gasteiger partial charge in [-0.05, 0) is 37.8 Å². The van der Waals surface area contributed by atoms with Crippen LogP contribution in [0.5, 0.6) is 5.75 Å². The van der Waals surface area contributed by atoms with Gasteiger partial charge in [0, 0.05) is 19.1 Å². The second kappa shape index (κ2) is 7.66. The topological polar surface area (TPSA) is 55.6 Å². The number of nitrogens with zero attached hydrogens (tertiary/aromatic N) is 1. The van der Waals surface area contributed by atoms with Crippen LogP contribution in [0.25, 0.3) is 0 Å². The fourth-order valence-corrected chi connectivity index (χ4v) is 2.82. The number of piperidine rings is 1.